The number of rotatable bonds is 1. The minimum absolute atomic E-state index is 0.593. The summed E-state index contributed by atoms with van der Waals surface area (Å²) in [4.78, 5) is 7.15. The molecule has 4 heteroatoms. The minimum Gasteiger partial charge on any atom is -0.399 e. The Balaban J connectivity index is 1.69. The molecule has 2 bridgehead atoms. The van der Waals surface area contributed by atoms with Crippen molar-refractivity contribution < 1.29 is 0 Å². The molecule has 0 spiro atoms. The summed E-state index contributed by atoms with van der Waals surface area (Å²) in [7, 11) is 2.30. The number of fused-ring (bicyclic) bond motifs is 3. The molecule has 2 unspecified atom stereocenters. The Kier molecular flexibility index (Phi) is 2.74. The Hall–Kier alpha value is -1.55. The second-order valence-corrected chi connectivity index (χ2v) is 6.43. The van der Waals surface area contributed by atoms with Crippen LogP contribution in [0, 0.1) is 0 Å². The minimum atomic E-state index is 0.593. The number of nitrogens with two attached hydrogens (primary N) is 1. The molecule has 4 nitrogen and oxygen atoms in total. The van der Waals surface area contributed by atoms with Crippen LogP contribution in [0.3, 0.4) is 0 Å². The first kappa shape index (κ1) is 12.2. The number of hydrogen-bond acceptors (Lipinski definition) is 3. The molecule has 0 saturated carbocycles. The molecule has 2 saturated heterocycles. The Bertz CT molecular complexity index is 618. The Morgan fingerprint density at radius 1 is 1.15 bits per heavy atom. The van der Waals surface area contributed by atoms with Crippen molar-refractivity contribution in [2.24, 2.45) is 0 Å². The molecule has 1 aromatic carbocycles. The van der Waals surface area contributed by atoms with Crippen molar-refractivity contribution in [1.29, 1.82) is 0 Å². The third-order valence-electron chi connectivity index (χ3n) is 5.31. The van der Waals surface area contributed by atoms with Gasteiger partial charge in [0.25, 0.3) is 0 Å². The van der Waals surface area contributed by atoms with Crippen molar-refractivity contribution in [3.8, 4) is 0 Å². The van der Waals surface area contributed by atoms with Crippen LogP contribution in [0.25, 0.3) is 11.0 Å². The van der Waals surface area contributed by atoms with E-state index in [4.69, 9.17) is 5.73 Å². The van der Waals surface area contributed by atoms with Crippen LogP contribution in [0.5, 0.6) is 0 Å². The molecular weight excluding hydrogens is 248 g/mol. The predicted octanol–water partition coefficient (Wildman–Crippen LogP) is 2.81. The van der Waals surface area contributed by atoms with Crippen molar-refractivity contribution in [3.05, 3.63) is 24.5 Å². The standard InChI is InChI=1S/C16H22N4/c1-19-12-3-2-4-13(19)9-14(8-12)20-10-18-15-7-11(17)5-6-16(15)20/h5-7,10,12-14H,2-4,8-9,17H2,1H3. The molecule has 0 amide bonds. The fourth-order valence-electron chi connectivity index (χ4n) is 4.15. The molecule has 1 aromatic heterocycles. The summed E-state index contributed by atoms with van der Waals surface area (Å²) in [5.74, 6) is 0. The van der Waals surface area contributed by atoms with Crippen molar-refractivity contribution >= 4 is 16.7 Å². The van der Waals surface area contributed by atoms with Crippen LogP contribution in [-0.2, 0) is 0 Å². The van der Waals surface area contributed by atoms with Crippen molar-refractivity contribution in [2.45, 2.75) is 50.2 Å². The summed E-state index contributed by atoms with van der Waals surface area (Å²) in [6.07, 6.45) is 8.61. The molecule has 2 aliphatic heterocycles. The summed E-state index contributed by atoms with van der Waals surface area (Å²) in [6, 6.07) is 8.16. The smallest absolute Gasteiger partial charge is 0.0960 e. The third-order valence-corrected chi connectivity index (χ3v) is 5.31. The highest BCUT2D eigenvalue weighted by molar-refractivity contribution is 5.79. The first-order chi connectivity index (χ1) is 9.72. The van der Waals surface area contributed by atoms with E-state index >= 15 is 0 Å². The second kappa shape index (κ2) is 4.48. The lowest BCUT2D eigenvalue weighted by atomic mass is 9.82. The van der Waals surface area contributed by atoms with E-state index in [9.17, 15) is 0 Å². The van der Waals surface area contributed by atoms with E-state index in [-0.39, 0.29) is 0 Å². The topological polar surface area (TPSA) is 47.1 Å². The van der Waals surface area contributed by atoms with E-state index in [2.05, 4.69) is 27.6 Å². The quantitative estimate of drug-likeness (QED) is 0.811. The molecule has 0 radical (unpaired) electrons. The maximum atomic E-state index is 5.85. The molecule has 2 N–H and O–H groups in total. The number of aromatic nitrogens is 2. The molecule has 4 rings (SSSR count). The van der Waals surface area contributed by atoms with Gasteiger partial charge >= 0.3 is 0 Å². The average molecular weight is 270 g/mol. The van der Waals surface area contributed by atoms with E-state index < -0.39 is 0 Å². The van der Waals surface area contributed by atoms with E-state index in [1.807, 2.05) is 18.5 Å². The lowest BCUT2D eigenvalue weighted by Gasteiger charge is -2.47. The zero-order chi connectivity index (χ0) is 13.7. The number of nitrogens with zero attached hydrogens (tertiary/aromatic N) is 3. The summed E-state index contributed by atoms with van der Waals surface area (Å²) in [5, 5.41) is 0. The van der Waals surface area contributed by atoms with Crippen LogP contribution in [0.4, 0.5) is 5.69 Å². The van der Waals surface area contributed by atoms with Gasteiger partial charge in [-0.25, -0.2) is 4.98 Å². The van der Waals surface area contributed by atoms with Gasteiger partial charge in [-0.3, -0.25) is 0 Å². The lowest BCUT2D eigenvalue weighted by molar-refractivity contribution is 0.0410. The predicted molar refractivity (Wildman–Crippen MR) is 81.6 cm³/mol. The normalized spacial score (nSPS) is 30.8. The second-order valence-electron chi connectivity index (χ2n) is 6.43. The first-order valence-electron chi connectivity index (χ1n) is 7.66. The Morgan fingerprint density at radius 3 is 2.65 bits per heavy atom. The van der Waals surface area contributed by atoms with Gasteiger partial charge in [0.05, 0.1) is 17.4 Å². The molecule has 2 atom stereocenters. The number of imidazole rings is 1. The number of anilines is 1. The van der Waals surface area contributed by atoms with Crippen LogP contribution in [0.2, 0.25) is 0 Å². The van der Waals surface area contributed by atoms with Crippen LogP contribution in [-0.4, -0.2) is 33.6 Å². The molecule has 3 heterocycles. The van der Waals surface area contributed by atoms with Crippen molar-refractivity contribution in [2.75, 3.05) is 12.8 Å². The van der Waals surface area contributed by atoms with Gasteiger partial charge in [-0.1, -0.05) is 6.42 Å². The summed E-state index contributed by atoms with van der Waals surface area (Å²) in [5.41, 5.74) is 8.89. The van der Waals surface area contributed by atoms with E-state index in [1.54, 1.807) is 0 Å². The van der Waals surface area contributed by atoms with Gasteiger partial charge in [0.1, 0.15) is 0 Å². The summed E-state index contributed by atoms with van der Waals surface area (Å²) >= 11 is 0. The molecule has 2 fully saturated rings. The largest absolute Gasteiger partial charge is 0.399 e. The number of piperidine rings is 2. The zero-order valence-corrected chi connectivity index (χ0v) is 12.0. The molecule has 2 aliphatic rings. The summed E-state index contributed by atoms with van der Waals surface area (Å²) < 4.78 is 2.38. The molecule has 20 heavy (non-hydrogen) atoms. The van der Waals surface area contributed by atoms with Gasteiger partial charge in [-0.15, -0.1) is 0 Å². The van der Waals surface area contributed by atoms with Crippen LogP contribution in [0.15, 0.2) is 24.5 Å². The highest BCUT2D eigenvalue weighted by Gasteiger charge is 2.36. The monoisotopic (exact) mass is 270 g/mol. The maximum Gasteiger partial charge on any atom is 0.0960 e. The SMILES string of the molecule is CN1C2CCCC1CC(n1cnc3cc(N)ccc31)C2. The van der Waals surface area contributed by atoms with Gasteiger partial charge in [0.15, 0.2) is 0 Å². The van der Waals surface area contributed by atoms with Crippen LogP contribution >= 0.6 is 0 Å². The van der Waals surface area contributed by atoms with Gasteiger partial charge in [0, 0.05) is 23.8 Å². The Morgan fingerprint density at radius 2 is 1.90 bits per heavy atom. The molecule has 0 aliphatic carbocycles. The van der Waals surface area contributed by atoms with Crippen molar-refractivity contribution in [3.63, 3.8) is 0 Å². The van der Waals surface area contributed by atoms with Gasteiger partial charge in [0.2, 0.25) is 0 Å². The van der Waals surface area contributed by atoms with Crippen LogP contribution < -0.4 is 5.73 Å². The number of nitrogen functional groups attached to an aromatic ring is 1. The lowest BCUT2D eigenvalue weighted by Crippen LogP contribution is -2.49. The Labute approximate surface area is 119 Å². The fraction of sp³-hybridized carbons (Fsp3) is 0.562. The third kappa shape index (κ3) is 1.82. The van der Waals surface area contributed by atoms with Gasteiger partial charge in [-0.05, 0) is 50.9 Å². The zero-order valence-electron chi connectivity index (χ0n) is 12.0. The number of hydrogen-bond donors (Lipinski definition) is 1. The highest BCUT2D eigenvalue weighted by atomic mass is 15.2. The highest BCUT2D eigenvalue weighted by Crippen LogP contribution is 2.39. The van der Waals surface area contributed by atoms with E-state index in [0.29, 0.717) is 6.04 Å². The number of benzene rings is 1. The van der Waals surface area contributed by atoms with Crippen LogP contribution in [0.1, 0.15) is 38.1 Å². The maximum absolute atomic E-state index is 5.85. The molecule has 106 valence electrons. The van der Waals surface area contributed by atoms with Crippen molar-refractivity contribution in [1.82, 2.24) is 14.5 Å². The fourth-order valence-corrected chi connectivity index (χ4v) is 4.15. The van der Waals surface area contributed by atoms with Gasteiger partial charge in [-0.2, -0.15) is 0 Å². The van der Waals surface area contributed by atoms with E-state index in [0.717, 1.165) is 23.3 Å². The van der Waals surface area contributed by atoms with E-state index in [1.165, 1.54) is 37.6 Å². The molecule has 2 aromatic rings. The first-order valence-corrected chi connectivity index (χ1v) is 7.66. The van der Waals surface area contributed by atoms with Gasteiger partial charge < -0.3 is 15.2 Å². The summed E-state index contributed by atoms with van der Waals surface area (Å²) in [6.45, 7) is 0. The average Bonchev–Trinajstić information content (AvgIpc) is 2.81. The molecular formula is C16H22N4.